The minimum Gasteiger partial charge on any atom is -0.396 e. The van der Waals surface area contributed by atoms with E-state index in [1.54, 1.807) is 41.5 Å². The lowest BCUT2D eigenvalue weighted by molar-refractivity contribution is 0.0338. The molecule has 1 amide bonds. The van der Waals surface area contributed by atoms with Crippen LogP contribution in [-0.2, 0) is 0 Å². The third kappa shape index (κ3) is 2.99. The van der Waals surface area contributed by atoms with E-state index in [1.807, 2.05) is 4.90 Å². The highest BCUT2D eigenvalue weighted by atomic mass is 16.3. The van der Waals surface area contributed by atoms with E-state index < -0.39 is 0 Å². The van der Waals surface area contributed by atoms with Crippen molar-refractivity contribution in [3.63, 3.8) is 0 Å². The summed E-state index contributed by atoms with van der Waals surface area (Å²) in [7, 11) is 0. The summed E-state index contributed by atoms with van der Waals surface area (Å²) in [6, 6.07) is 5.37. The van der Waals surface area contributed by atoms with Crippen LogP contribution in [0.2, 0.25) is 0 Å². The Morgan fingerprint density at radius 2 is 2.09 bits per heavy atom. The lowest BCUT2D eigenvalue weighted by Gasteiger charge is -2.40. The van der Waals surface area contributed by atoms with E-state index in [0.717, 1.165) is 19.3 Å². The second-order valence-electron chi connectivity index (χ2n) is 6.13. The molecule has 1 saturated heterocycles. The summed E-state index contributed by atoms with van der Waals surface area (Å²) in [6.45, 7) is 3.63. The number of nitrogens with zero attached hydrogens (tertiary/aromatic N) is 4. The summed E-state index contributed by atoms with van der Waals surface area (Å²) in [5, 5.41) is 13.8. The van der Waals surface area contributed by atoms with Crippen LogP contribution in [0.1, 0.15) is 36.5 Å². The molecule has 23 heavy (non-hydrogen) atoms. The predicted molar refractivity (Wildman–Crippen MR) is 86.3 cm³/mol. The molecule has 3 rings (SSSR count). The molecule has 2 aromatic heterocycles. The van der Waals surface area contributed by atoms with Gasteiger partial charge in [0.15, 0.2) is 5.82 Å². The maximum atomic E-state index is 12.9. The first-order chi connectivity index (χ1) is 11.2. The van der Waals surface area contributed by atoms with Crippen LogP contribution in [0, 0.1) is 5.41 Å². The monoisotopic (exact) mass is 314 g/mol. The molecule has 1 N–H and O–H groups in total. The minimum absolute atomic E-state index is 0.0220. The zero-order valence-electron chi connectivity index (χ0n) is 13.4. The van der Waals surface area contributed by atoms with Crippen LogP contribution >= 0.6 is 0 Å². The molecule has 0 saturated carbocycles. The Bertz CT molecular complexity index is 655. The predicted octanol–water partition coefficient (Wildman–Crippen LogP) is 1.89. The van der Waals surface area contributed by atoms with Gasteiger partial charge in [0, 0.05) is 38.3 Å². The van der Waals surface area contributed by atoms with Gasteiger partial charge in [0.25, 0.3) is 5.91 Å². The molecule has 1 aliphatic rings. The number of piperidine rings is 1. The van der Waals surface area contributed by atoms with Crippen molar-refractivity contribution in [2.24, 2.45) is 5.41 Å². The van der Waals surface area contributed by atoms with Gasteiger partial charge in [-0.1, -0.05) is 6.92 Å². The SMILES string of the molecule is CCC1(CO)CCN(C(=O)c2cccnc2-n2cccn2)CC1. The van der Waals surface area contributed by atoms with Crippen LogP contribution in [0.3, 0.4) is 0 Å². The first-order valence-corrected chi connectivity index (χ1v) is 8.04. The summed E-state index contributed by atoms with van der Waals surface area (Å²) in [5.74, 6) is 0.531. The fourth-order valence-electron chi connectivity index (χ4n) is 3.12. The Hall–Kier alpha value is -2.21. The maximum absolute atomic E-state index is 12.9. The highest BCUT2D eigenvalue weighted by molar-refractivity contribution is 5.97. The summed E-state index contributed by atoms with van der Waals surface area (Å²) >= 11 is 0. The average molecular weight is 314 g/mol. The molecule has 0 unspecified atom stereocenters. The molecule has 122 valence electrons. The number of aromatic nitrogens is 3. The second-order valence-corrected chi connectivity index (χ2v) is 6.13. The fourth-order valence-corrected chi connectivity index (χ4v) is 3.12. The van der Waals surface area contributed by atoms with Gasteiger partial charge >= 0.3 is 0 Å². The molecule has 1 fully saturated rings. The molecule has 0 radical (unpaired) electrons. The second kappa shape index (κ2) is 6.50. The van der Waals surface area contributed by atoms with Gasteiger partial charge in [-0.15, -0.1) is 0 Å². The van der Waals surface area contributed by atoms with Crippen LogP contribution in [0.25, 0.3) is 5.82 Å². The summed E-state index contributed by atoms with van der Waals surface area (Å²) in [6.07, 6.45) is 7.73. The maximum Gasteiger partial charge on any atom is 0.257 e. The van der Waals surface area contributed by atoms with Crippen molar-refractivity contribution in [1.29, 1.82) is 0 Å². The Morgan fingerprint density at radius 1 is 1.30 bits per heavy atom. The van der Waals surface area contributed by atoms with Gasteiger partial charge in [0.1, 0.15) is 0 Å². The van der Waals surface area contributed by atoms with Gasteiger partial charge in [-0.25, -0.2) is 9.67 Å². The van der Waals surface area contributed by atoms with Crippen molar-refractivity contribution in [1.82, 2.24) is 19.7 Å². The van der Waals surface area contributed by atoms with E-state index in [4.69, 9.17) is 0 Å². The van der Waals surface area contributed by atoms with Gasteiger partial charge in [-0.2, -0.15) is 5.10 Å². The standard InChI is InChI=1S/C17H22N4O2/c1-2-17(13-22)6-11-20(12-7-17)16(23)14-5-3-8-18-15(14)21-10-4-9-19-21/h3-5,8-10,22H,2,6-7,11-13H2,1H3. The van der Waals surface area contributed by atoms with E-state index in [1.165, 1.54) is 0 Å². The largest absolute Gasteiger partial charge is 0.396 e. The van der Waals surface area contributed by atoms with E-state index in [-0.39, 0.29) is 17.9 Å². The van der Waals surface area contributed by atoms with E-state index >= 15 is 0 Å². The topological polar surface area (TPSA) is 71.2 Å². The number of carbonyl (C=O) groups excluding carboxylic acids is 1. The molecule has 3 heterocycles. The number of aliphatic hydroxyl groups excluding tert-OH is 1. The summed E-state index contributed by atoms with van der Waals surface area (Å²) < 4.78 is 1.61. The number of hydrogen-bond acceptors (Lipinski definition) is 4. The van der Waals surface area contributed by atoms with Crippen molar-refractivity contribution in [3.05, 3.63) is 42.4 Å². The van der Waals surface area contributed by atoms with Crippen LogP contribution < -0.4 is 0 Å². The number of amides is 1. The summed E-state index contributed by atoms with van der Waals surface area (Å²) in [5.41, 5.74) is 0.528. The number of pyridine rings is 1. The molecule has 0 atom stereocenters. The van der Waals surface area contributed by atoms with Crippen molar-refractivity contribution in [3.8, 4) is 5.82 Å². The minimum atomic E-state index is -0.0312. The quantitative estimate of drug-likeness (QED) is 0.935. The molecule has 0 bridgehead atoms. The van der Waals surface area contributed by atoms with Crippen molar-refractivity contribution >= 4 is 5.91 Å². The van der Waals surface area contributed by atoms with Crippen molar-refractivity contribution in [2.45, 2.75) is 26.2 Å². The van der Waals surface area contributed by atoms with Crippen LogP contribution in [0.15, 0.2) is 36.8 Å². The molecule has 6 nitrogen and oxygen atoms in total. The highest BCUT2D eigenvalue weighted by Gasteiger charge is 2.34. The normalized spacial score (nSPS) is 17.2. The van der Waals surface area contributed by atoms with Gasteiger partial charge in [-0.05, 0) is 42.9 Å². The van der Waals surface area contributed by atoms with Crippen LogP contribution in [-0.4, -0.2) is 50.4 Å². The van der Waals surface area contributed by atoms with Crippen LogP contribution in [0.4, 0.5) is 0 Å². The third-order valence-corrected chi connectivity index (χ3v) is 4.94. The molecule has 0 aromatic carbocycles. The summed E-state index contributed by atoms with van der Waals surface area (Å²) in [4.78, 5) is 19.1. The van der Waals surface area contributed by atoms with Gasteiger partial charge < -0.3 is 10.0 Å². The van der Waals surface area contributed by atoms with Crippen molar-refractivity contribution in [2.75, 3.05) is 19.7 Å². The third-order valence-electron chi connectivity index (χ3n) is 4.94. The number of hydrogen-bond donors (Lipinski definition) is 1. The molecular weight excluding hydrogens is 292 g/mol. The molecule has 6 heteroatoms. The zero-order valence-corrected chi connectivity index (χ0v) is 13.4. The van der Waals surface area contributed by atoms with E-state index in [9.17, 15) is 9.90 Å². The van der Waals surface area contributed by atoms with Gasteiger partial charge in [0.05, 0.1) is 5.56 Å². The molecule has 1 aliphatic heterocycles. The van der Waals surface area contributed by atoms with E-state index in [2.05, 4.69) is 17.0 Å². The Kier molecular flexibility index (Phi) is 4.43. The molecule has 0 aliphatic carbocycles. The molecular formula is C17H22N4O2. The molecule has 0 spiro atoms. The van der Waals surface area contributed by atoms with E-state index in [0.29, 0.717) is 24.5 Å². The highest BCUT2D eigenvalue weighted by Crippen LogP contribution is 2.34. The number of carbonyl (C=O) groups is 1. The number of aliphatic hydroxyl groups is 1. The van der Waals surface area contributed by atoms with Gasteiger partial charge in [0.2, 0.25) is 0 Å². The lowest BCUT2D eigenvalue weighted by Crippen LogP contribution is -2.44. The first kappa shape index (κ1) is 15.7. The smallest absolute Gasteiger partial charge is 0.257 e. The van der Waals surface area contributed by atoms with Crippen molar-refractivity contribution < 1.29 is 9.90 Å². The zero-order chi connectivity index (χ0) is 16.3. The fraction of sp³-hybridized carbons (Fsp3) is 0.471. The average Bonchev–Trinajstić information content (AvgIpc) is 3.16. The Balaban J connectivity index is 1.80. The Labute approximate surface area is 135 Å². The van der Waals surface area contributed by atoms with Gasteiger partial charge in [-0.3, -0.25) is 4.79 Å². The van der Waals surface area contributed by atoms with Crippen LogP contribution in [0.5, 0.6) is 0 Å². The molecule has 2 aromatic rings. The first-order valence-electron chi connectivity index (χ1n) is 8.04. The number of rotatable bonds is 4. The Morgan fingerprint density at radius 3 is 2.70 bits per heavy atom. The lowest BCUT2D eigenvalue weighted by atomic mass is 9.77. The number of likely N-dealkylation sites (tertiary alicyclic amines) is 1.